The molecule has 0 N–H and O–H groups in total. The first-order valence-electron chi connectivity index (χ1n) is 9.88. The minimum absolute atomic E-state index is 0.734. The van der Waals surface area contributed by atoms with Crippen LogP contribution in [0.2, 0.25) is 0 Å². The van der Waals surface area contributed by atoms with E-state index in [1.807, 2.05) is 102 Å². The molecule has 30 heavy (non-hydrogen) atoms. The van der Waals surface area contributed by atoms with Crippen molar-refractivity contribution in [2.75, 3.05) is 0 Å². The van der Waals surface area contributed by atoms with Crippen LogP contribution in [0.15, 0.2) is 126 Å². The van der Waals surface area contributed by atoms with E-state index < -0.39 is 0 Å². The van der Waals surface area contributed by atoms with Crippen molar-refractivity contribution in [2.24, 2.45) is 4.99 Å². The molecule has 0 fully saturated rings. The smallest absolute Gasteiger partial charge is 0.238 e. The summed E-state index contributed by atoms with van der Waals surface area (Å²) >= 11 is 0. The van der Waals surface area contributed by atoms with Gasteiger partial charge in [0.1, 0.15) is 0 Å². The van der Waals surface area contributed by atoms with Crippen LogP contribution in [0, 0.1) is 0 Å². The molecule has 4 nitrogen and oxygen atoms in total. The molecule has 0 radical (unpaired) electrons. The van der Waals surface area contributed by atoms with Crippen molar-refractivity contribution in [3.63, 3.8) is 0 Å². The van der Waals surface area contributed by atoms with E-state index in [1.54, 1.807) is 0 Å². The Balaban J connectivity index is 1.89. The van der Waals surface area contributed by atoms with E-state index in [-0.39, 0.29) is 0 Å². The Labute approximate surface area is 175 Å². The minimum Gasteiger partial charge on any atom is -0.261 e. The van der Waals surface area contributed by atoms with Crippen LogP contribution < -0.4 is 5.62 Å². The van der Waals surface area contributed by atoms with Crippen molar-refractivity contribution in [3.05, 3.63) is 127 Å². The third kappa shape index (κ3) is 3.47. The van der Waals surface area contributed by atoms with Gasteiger partial charge in [0.2, 0.25) is 5.62 Å². The summed E-state index contributed by atoms with van der Waals surface area (Å²) in [6.45, 7) is 0. The molecule has 1 heterocycles. The highest BCUT2D eigenvalue weighted by atomic mass is 15.4. The quantitative estimate of drug-likeness (QED) is 0.397. The lowest BCUT2D eigenvalue weighted by Gasteiger charge is -2.07. The van der Waals surface area contributed by atoms with E-state index >= 15 is 0 Å². The fourth-order valence-electron chi connectivity index (χ4n) is 3.42. The third-order valence-corrected chi connectivity index (χ3v) is 4.83. The summed E-state index contributed by atoms with van der Waals surface area (Å²) in [5.41, 5.74) is 4.60. The summed E-state index contributed by atoms with van der Waals surface area (Å²) in [7, 11) is 0. The number of hydrogen-bond acceptors (Lipinski definition) is 2. The molecule has 0 saturated heterocycles. The Morgan fingerprint density at radius 1 is 0.533 bits per heavy atom. The second kappa shape index (κ2) is 8.05. The maximum atomic E-state index is 5.01. The Bertz CT molecular complexity index is 1300. The van der Waals surface area contributed by atoms with E-state index in [0.29, 0.717) is 0 Å². The van der Waals surface area contributed by atoms with Gasteiger partial charge in [-0.15, -0.1) is 5.10 Å². The highest BCUT2D eigenvalue weighted by Gasteiger charge is 2.16. The monoisotopic (exact) mass is 388 g/mol. The van der Waals surface area contributed by atoms with E-state index in [9.17, 15) is 0 Å². The molecule has 4 aromatic carbocycles. The Morgan fingerprint density at radius 2 is 1.03 bits per heavy atom. The maximum Gasteiger partial charge on any atom is 0.238 e. The molecule has 0 spiro atoms. The standard InChI is InChI=1S/C26H20N4/c1-5-13-21(14-6-1)25-28-30(24-19-11-4-12-20-24)26(27-22-15-7-2-8-16-22)29(25)23-17-9-3-10-18-23/h1-20H. The van der Waals surface area contributed by atoms with Gasteiger partial charge in [-0.1, -0.05) is 84.9 Å². The number of nitrogens with zero attached hydrogens (tertiary/aromatic N) is 4. The van der Waals surface area contributed by atoms with Gasteiger partial charge in [0.05, 0.1) is 17.1 Å². The molecule has 0 aliphatic rings. The lowest BCUT2D eigenvalue weighted by atomic mass is 10.2. The fourth-order valence-corrected chi connectivity index (χ4v) is 3.42. The number of rotatable bonds is 4. The molecule has 5 rings (SSSR count). The van der Waals surface area contributed by atoms with Gasteiger partial charge in [0.15, 0.2) is 5.82 Å². The average molecular weight is 388 g/mol. The van der Waals surface area contributed by atoms with Crippen molar-refractivity contribution in [2.45, 2.75) is 0 Å². The third-order valence-electron chi connectivity index (χ3n) is 4.83. The molecule has 0 unspecified atom stereocenters. The highest BCUT2D eigenvalue weighted by molar-refractivity contribution is 5.58. The van der Waals surface area contributed by atoms with Crippen molar-refractivity contribution in [3.8, 4) is 22.8 Å². The van der Waals surface area contributed by atoms with Crippen LogP contribution in [0.25, 0.3) is 22.8 Å². The van der Waals surface area contributed by atoms with Crippen LogP contribution in [-0.4, -0.2) is 14.3 Å². The fraction of sp³-hybridized carbons (Fsp3) is 0. The van der Waals surface area contributed by atoms with Gasteiger partial charge in [0.25, 0.3) is 0 Å². The lowest BCUT2D eigenvalue weighted by Crippen LogP contribution is -2.24. The second-order valence-corrected chi connectivity index (χ2v) is 6.86. The molecule has 0 aliphatic heterocycles. The highest BCUT2D eigenvalue weighted by Crippen LogP contribution is 2.21. The number of para-hydroxylation sites is 3. The lowest BCUT2D eigenvalue weighted by molar-refractivity contribution is 0.801. The predicted molar refractivity (Wildman–Crippen MR) is 120 cm³/mol. The largest absolute Gasteiger partial charge is 0.261 e. The summed E-state index contributed by atoms with van der Waals surface area (Å²) in [5, 5.41) is 5.01. The first-order chi connectivity index (χ1) is 14.9. The normalized spacial score (nSPS) is 11.5. The van der Waals surface area contributed by atoms with Gasteiger partial charge in [-0.3, -0.25) is 4.57 Å². The van der Waals surface area contributed by atoms with Crippen LogP contribution >= 0.6 is 0 Å². The first-order valence-corrected chi connectivity index (χ1v) is 9.88. The predicted octanol–water partition coefficient (Wildman–Crippen LogP) is 5.56. The molecular weight excluding hydrogens is 368 g/mol. The van der Waals surface area contributed by atoms with Crippen molar-refractivity contribution < 1.29 is 0 Å². The van der Waals surface area contributed by atoms with Crippen molar-refractivity contribution in [1.29, 1.82) is 0 Å². The van der Waals surface area contributed by atoms with Crippen LogP contribution in [0.1, 0.15) is 0 Å². The Hall–Kier alpha value is -4.18. The van der Waals surface area contributed by atoms with Gasteiger partial charge in [-0.2, -0.15) is 4.68 Å². The van der Waals surface area contributed by atoms with Crippen LogP contribution in [0.3, 0.4) is 0 Å². The summed E-state index contributed by atoms with van der Waals surface area (Å²) < 4.78 is 4.01. The molecule has 0 atom stereocenters. The zero-order chi connectivity index (χ0) is 20.2. The zero-order valence-corrected chi connectivity index (χ0v) is 16.3. The van der Waals surface area contributed by atoms with Gasteiger partial charge < -0.3 is 0 Å². The summed E-state index contributed by atoms with van der Waals surface area (Å²) in [4.78, 5) is 5.00. The number of hydrogen-bond donors (Lipinski definition) is 0. The molecule has 0 amide bonds. The average Bonchev–Trinajstić information content (AvgIpc) is 3.20. The van der Waals surface area contributed by atoms with Crippen LogP contribution in [0.4, 0.5) is 5.69 Å². The van der Waals surface area contributed by atoms with Gasteiger partial charge >= 0.3 is 0 Å². The van der Waals surface area contributed by atoms with E-state index in [0.717, 1.165) is 34.1 Å². The molecular formula is C26H20N4. The second-order valence-electron chi connectivity index (χ2n) is 6.86. The number of aromatic nitrogens is 3. The SMILES string of the molecule is c1ccc(N=c2n(-c3ccccc3)nc(-c3ccccc3)n2-c2ccccc2)cc1. The molecule has 0 aliphatic carbocycles. The molecule has 4 heteroatoms. The van der Waals surface area contributed by atoms with Gasteiger partial charge in [-0.05, 0) is 36.4 Å². The number of benzene rings is 4. The van der Waals surface area contributed by atoms with Crippen LogP contribution in [0.5, 0.6) is 0 Å². The molecule has 1 aromatic heterocycles. The molecule has 0 bridgehead atoms. The first kappa shape index (κ1) is 17.9. The van der Waals surface area contributed by atoms with E-state index in [1.165, 1.54) is 0 Å². The Morgan fingerprint density at radius 3 is 1.63 bits per heavy atom. The van der Waals surface area contributed by atoms with Crippen LogP contribution in [-0.2, 0) is 0 Å². The molecule has 5 aromatic rings. The Kier molecular flexibility index (Phi) is 4.80. The van der Waals surface area contributed by atoms with E-state index in [4.69, 9.17) is 10.1 Å². The maximum absolute atomic E-state index is 5.01. The summed E-state index contributed by atoms with van der Waals surface area (Å²) in [6, 6.07) is 40.5. The van der Waals surface area contributed by atoms with Gasteiger partial charge in [0, 0.05) is 5.56 Å². The van der Waals surface area contributed by atoms with Crippen molar-refractivity contribution >= 4 is 5.69 Å². The minimum atomic E-state index is 0.734. The topological polar surface area (TPSA) is 35.1 Å². The summed E-state index contributed by atoms with van der Waals surface area (Å²) in [5.74, 6) is 0.834. The zero-order valence-electron chi connectivity index (χ0n) is 16.3. The van der Waals surface area contributed by atoms with E-state index in [2.05, 4.69) is 28.8 Å². The van der Waals surface area contributed by atoms with Crippen molar-refractivity contribution in [1.82, 2.24) is 14.3 Å². The molecule has 144 valence electrons. The summed E-state index contributed by atoms with van der Waals surface area (Å²) in [6.07, 6.45) is 0. The van der Waals surface area contributed by atoms with Gasteiger partial charge in [-0.25, -0.2) is 4.99 Å². The molecule has 0 saturated carbocycles.